The number of likely N-dealkylation sites (tertiary alicyclic amines) is 1. The third-order valence-electron chi connectivity index (χ3n) is 2.66. The summed E-state index contributed by atoms with van der Waals surface area (Å²) in [6, 6.07) is 10.0. The van der Waals surface area contributed by atoms with Gasteiger partial charge in [-0.2, -0.15) is 0 Å². The predicted molar refractivity (Wildman–Crippen MR) is 61.5 cm³/mol. The van der Waals surface area contributed by atoms with E-state index < -0.39 is 0 Å². The van der Waals surface area contributed by atoms with Crippen molar-refractivity contribution in [1.82, 2.24) is 4.90 Å². The molecule has 2 rings (SSSR count). The van der Waals surface area contributed by atoms with Crippen molar-refractivity contribution in [3.05, 3.63) is 41.5 Å². The number of rotatable bonds is 1. The fourth-order valence-electron chi connectivity index (χ4n) is 1.79. The Balaban J connectivity index is 2.22. The van der Waals surface area contributed by atoms with Gasteiger partial charge in [0, 0.05) is 25.1 Å². The number of Topliss-reactive ketones (excluding diaryl/α,β-unsaturated/α-hetero) is 1. The monoisotopic (exact) mass is 201 g/mol. The molecule has 0 saturated carbocycles. The summed E-state index contributed by atoms with van der Waals surface area (Å²) in [5.41, 5.74) is 2.03. The summed E-state index contributed by atoms with van der Waals surface area (Å²) in [4.78, 5) is 13.8. The number of hydrogen-bond donors (Lipinski definition) is 0. The SMILES string of the molecule is CN1CCC(=O)/C(=C\c2ccccc2)C1. The van der Waals surface area contributed by atoms with E-state index in [-0.39, 0.29) is 5.78 Å². The first-order chi connectivity index (χ1) is 7.25. The van der Waals surface area contributed by atoms with Crippen molar-refractivity contribution in [2.24, 2.45) is 0 Å². The van der Waals surface area contributed by atoms with E-state index in [9.17, 15) is 4.79 Å². The van der Waals surface area contributed by atoms with E-state index in [4.69, 9.17) is 0 Å². The van der Waals surface area contributed by atoms with Crippen molar-refractivity contribution in [3.63, 3.8) is 0 Å². The largest absolute Gasteiger partial charge is 0.302 e. The van der Waals surface area contributed by atoms with Gasteiger partial charge in [-0.1, -0.05) is 30.3 Å². The van der Waals surface area contributed by atoms with Crippen LogP contribution in [0.25, 0.3) is 6.08 Å². The van der Waals surface area contributed by atoms with Crippen LogP contribution in [0.15, 0.2) is 35.9 Å². The maximum absolute atomic E-state index is 11.6. The fraction of sp³-hybridized carbons (Fsp3) is 0.308. The zero-order chi connectivity index (χ0) is 10.7. The van der Waals surface area contributed by atoms with Crippen LogP contribution in [0.4, 0.5) is 0 Å². The highest BCUT2D eigenvalue weighted by molar-refractivity contribution is 6.00. The Bertz CT molecular complexity index is 381. The lowest BCUT2D eigenvalue weighted by Crippen LogP contribution is -2.32. The summed E-state index contributed by atoms with van der Waals surface area (Å²) in [6.07, 6.45) is 2.65. The standard InChI is InChI=1S/C13H15NO/c1-14-8-7-13(15)12(10-14)9-11-5-3-2-4-6-11/h2-6,9H,7-8,10H2,1H3/b12-9-. The molecule has 0 bridgehead atoms. The first-order valence-electron chi connectivity index (χ1n) is 5.23. The maximum Gasteiger partial charge on any atom is 0.161 e. The number of carbonyl (C=O) groups excluding carboxylic acids is 1. The second kappa shape index (κ2) is 4.41. The van der Waals surface area contributed by atoms with Crippen molar-refractivity contribution in [3.8, 4) is 0 Å². The molecule has 0 radical (unpaired) electrons. The number of carbonyl (C=O) groups is 1. The van der Waals surface area contributed by atoms with E-state index in [0.717, 1.165) is 24.2 Å². The molecule has 2 nitrogen and oxygen atoms in total. The van der Waals surface area contributed by atoms with Gasteiger partial charge in [0.25, 0.3) is 0 Å². The van der Waals surface area contributed by atoms with Crippen LogP contribution in [-0.2, 0) is 4.79 Å². The normalized spacial score (nSPS) is 20.9. The summed E-state index contributed by atoms with van der Waals surface area (Å²) < 4.78 is 0. The highest BCUT2D eigenvalue weighted by Crippen LogP contribution is 2.14. The Morgan fingerprint density at radius 1 is 1.27 bits per heavy atom. The molecule has 0 unspecified atom stereocenters. The minimum Gasteiger partial charge on any atom is -0.302 e. The van der Waals surface area contributed by atoms with Crippen LogP contribution >= 0.6 is 0 Å². The molecule has 0 spiro atoms. The molecule has 1 aromatic rings. The third kappa shape index (κ3) is 2.54. The summed E-state index contributed by atoms with van der Waals surface area (Å²) >= 11 is 0. The second-order valence-electron chi connectivity index (χ2n) is 3.99. The van der Waals surface area contributed by atoms with E-state index in [1.165, 1.54) is 0 Å². The highest BCUT2D eigenvalue weighted by atomic mass is 16.1. The fourth-order valence-corrected chi connectivity index (χ4v) is 1.79. The Labute approximate surface area is 90.2 Å². The van der Waals surface area contributed by atoms with E-state index in [1.54, 1.807) is 0 Å². The van der Waals surface area contributed by atoms with Crippen molar-refractivity contribution in [2.75, 3.05) is 20.1 Å². The summed E-state index contributed by atoms with van der Waals surface area (Å²) in [6.45, 7) is 1.65. The van der Waals surface area contributed by atoms with Crippen LogP contribution in [0.2, 0.25) is 0 Å². The molecule has 0 aromatic heterocycles. The van der Waals surface area contributed by atoms with Gasteiger partial charge in [-0.05, 0) is 18.7 Å². The molecular weight excluding hydrogens is 186 g/mol. The molecule has 1 aliphatic rings. The van der Waals surface area contributed by atoms with Gasteiger partial charge in [-0.3, -0.25) is 4.79 Å². The maximum atomic E-state index is 11.6. The van der Waals surface area contributed by atoms with Crippen LogP contribution in [-0.4, -0.2) is 30.8 Å². The molecular formula is C13H15NO. The van der Waals surface area contributed by atoms with Gasteiger partial charge >= 0.3 is 0 Å². The van der Waals surface area contributed by atoms with E-state index >= 15 is 0 Å². The van der Waals surface area contributed by atoms with Gasteiger partial charge in [0.1, 0.15) is 0 Å². The van der Waals surface area contributed by atoms with E-state index in [1.807, 2.05) is 43.5 Å². The molecule has 2 heteroatoms. The number of nitrogens with zero attached hydrogens (tertiary/aromatic N) is 1. The first kappa shape index (κ1) is 10.1. The average molecular weight is 201 g/mol. The Morgan fingerprint density at radius 3 is 2.73 bits per heavy atom. The molecule has 1 fully saturated rings. The molecule has 15 heavy (non-hydrogen) atoms. The van der Waals surface area contributed by atoms with Crippen LogP contribution in [0, 0.1) is 0 Å². The minimum absolute atomic E-state index is 0.289. The van der Waals surface area contributed by atoms with Crippen LogP contribution in [0.1, 0.15) is 12.0 Å². The number of ketones is 1. The molecule has 1 saturated heterocycles. The lowest BCUT2D eigenvalue weighted by molar-refractivity contribution is -0.117. The van der Waals surface area contributed by atoms with Gasteiger partial charge < -0.3 is 4.90 Å². The molecule has 0 amide bonds. The van der Waals surface area contributed by atoms with E-state index in [0.29, 0.717) is 6.42 Å². The van der Waals surface area contributed by atoms with Crippen LogP contribution in [0.3, 0.4) is 0 Å². The van der Waals surface area contributed by atoms with E-state index in [2.05, 4.69) is 4.90 Å². The van der Waals surface area contributed by atoms with Gasteiger partial charge in [0.05, 0.1) is 0 Å². The Hall–Kier alpha value is -1.41. The first-order valence-corrected chi connectivity index (χ1v) is 5.23. The summed E-state index contributed by atoms with van der Waals surface area (Å²) in [5.74, 6) is 0.289. The predicted octanol–water partition coefficient (Wildman–Crippen LogP) is 1.97. The van der Waals surface area contributed by atoms with Crippen molar-refractivity contribution in [2.45, 2.75) is 6.42 Å². The van der Waals surface area contributed by atoms with Crippen molar-refractivity contribution in [1.29, 1.82) is 0 Å². The summed E-state index contributed by atoms with van der Waals surface area (Å²) in [7, 11) is 2.05. The zero-order valence-electron chi connectivity index (χ0n) is 8.94. The minimum atomic E-state index is 0.289. The van der Waals surface area contributed by atoms with Crippen molar-refractivity contribution < 1.29 is 4.79 Å². The topological polar surface area (TPSA) is 20.3 Å². The Kier molecular flexibility index (Phi) is 2.97. The quantitative estimate of drug-likeness (QED) is 0.647. The number of piperidine rings is 1. The smallest absolute Gasteiger partial charge is 0.161 e. The molecule has 0 N–H and O–H groups in total. The zero-order valence-corrected chi connectivity index (χ0v) is 8.94. The molecule has 78 valence electrons. The molecule has 0 atom stereocenters. The lowest BCUT2D eigenvalue weighted by Gasteiger charge is -2.23. The third-order valence-corrected chi connectivity index (χ3v) is 2.66. The number of benzene rings is 1. The molecule has 0 aliphatic carbocycles. The molecule has 1 aliphatic heterocycles. The average Bonchev–Trinajstić information content (AvgIpc) is 2.25. The van der Waals surface area contributed by atoms with Gasteiger partial charge in [-0.25, -0.2) is 0 Å². The highest BCUT2D eigenvalue weighted by Gasteiger charge is 2.18. The van der Waals surface area contributed by atoms with Crippen LogP contribution in [0.5, 0.6) is 0 Å². The van der Waals surface area contributed by atoms with Gasteiger partial charge in [-0.15, -0.1) is 0 Å². The molecule has 1 aromatic carbocycles. The number of likely N-dealkylation sites (N-methyl/N-ethyl adjacent to an activating group) is 1. The molecule has 1 heterocycles. The van der Waals surface area contributed by atoms with Crippen molar-refractivity contribution >= 4 is 11.9 Å². The number of hydrogen-bond acceptors (Lipinski definition) is 2. The second-order valence-corrected chi connectivity index (χ2v) is 3.99. The van der Waals surface area contributed by atoms with Gasteiger partial charge in [0.2, 0.25) is 0 Å². The summed E-state index contributed by atoms with van der Waals surface area (Å²) in [5, 5.41) is 0. The lowest BCUT2D eigenvalue weighted by atomic mass is 10.0. The van der Waals surface area contributed by atoms with Crippen LogP contribution < -0.4 is 0 Å². The van der Waals surface area contributed by atoms with Gasteiger partial charge in [0.15, 0.2) is 5.78 Å². The Morgan fingerprint density at radius 2 is 2.00 bits per heavy atom.